The highest BCUT2D eigenvalue weighted by atomic mass is 16.5. The van der Waals surface area contributed by atoms with E-state index in [1.165, 1.54) is 0 Å². The number of allylic oxidation sites excluding steroid dienone is 1. The molecule has 0 unspecified atom stereocenters. The van der Waals surface area contributed by atoms with Crippen molar-refractivity contribution >= 4 is 11.5 Å². The summed E-state index contributed by atoms with van der Waals surface area (Å²) in [6.45, 7) is 5.59. The number of carbonyl (C=O) groups excluding carboxylic acids is 1. The van der Waals surface area contributed by atoms with E-state index < -0.39 is 5.91 Å². The van der Waals surface area contributed by atoms with Crippen LogP contribution in [0, 0.1) is 0 Å². The molecule has 1 rings (SSSR count). The van der Waals surface area contributed by atoms with Crippen LogP contribution in [-0.2, 0) is 4.79 Å². The van der Waals surface area contributed by atoms with E-state index in [0.29, 0.717) is 5.75 Å². The van der Waals surface area contributed by atoms with Gasteiger partial charge in [0.2, 0.25) is 0 Å². The third-order valence-corrected chi connectivity index (χ3v) is 1.72. The van der Waals surface area contributed by atoms with E-state index in [9.17, 15) is 4.79 Å². The number of benzene rings is 1. The van der Waals surface area contributed by atoms with E-state index in [1.807, 2.05) is 25.1 Å². The van der Waals surface area contributed by atoms with E-state index in [-0.39, 0.29) is 6.61 Å². The highest BCUT2D eigenvalue weighted by molar-refractivity contribution is 5.76. The maximum atomic E-state index is 10.5. The lowest BCUT2D eigenvalue weighted by molar-refractivity contribution is -0.119. The van der Waals surface area contributed by atoms with Gasteiger partial charge in [-0.15, -0.1) is 0 Å². The fourth-order valence-corrected chi connectivity index (χ4v) is 1.09. The first kappa shape index (κ1) is 10.3. The van der Waals surface area contributed by atoms with Gasteiger partial charge in [-0.3, -0.25) is 4.79 Å². The fourth-order valence-electron chi connectivity index (χ4n) is 1.09. The first-order valence-electron chi connectivity index (χ1n) is 4.27. The van der Waals surface area contributed by atoms with Crippen molar-refractivity contribution in [2.75, 3.05) is 6.61 Å². The van der Waals surface area contributed by atoms with Gasteiger partial charge in [-0.2, -0.15) is 0 Å². The predicted molar refractivity (Wildman–Crippen MR) is 55.8 cm³/mol. The lowest BCUT2D eigenvalue weighted by Crippen LogP contribution is -2.20. The Morgan fingerprint density at radius 2 is 2.14 bits per heavy atom. The second kappa shape index (κ2) is 4.46. The molecule has 0 fully saturated rings. The van der Waals surface area contributed by atoms with Crippen LogP contribution >= 0.6 is 0 Å². The maximum absolute atomic E-state index is 10.5. The quantitative estimate of drug-likeness (QED) is 0.785. The number of ether oxygens (including phenoxy) is 1. The smallest absolute Gasteiger partial charge is 0.255 e. The molecule has 0 saturated carbocycles. The molecular formula is C11H13NO2. The van der Waals surface area contributed by atoms with Crippen molar-refractivity contribution in [3.05, 3.63) is 36.4 Å². The van der Waals surface area contributed by atoms with Gasteiger partial charge < -0.3 is 10.5 Å². The number of para-hydroxylation sites is 1. The summed E-state index contributed by atoms with van der Waals surface area (Å²) in [6.07, 6.45) is 0. The zero-order valence-electron chi connectivity index (χ0n) is 8.12. The average molecular weight is 191 g/mol. The lowest BCUT2D eigenvalue weighted by Gasteiger charge is -2.09. The number of hydrogen-bond donors (Lipinski definition) is 1. The zero-order valence-corrected chi connectivity index (χ0v) is 8.12. The van der Waals surface area contributed by atoms with Crippen LogP contribution in [0.4, 0.5) is 0 Å². The first-order chi connectivity index (χ1) is 6.61. The molecule has 0 aliphatic carbocycles. The van der Waals surface area contributed by atoms with Gasteiger partial charge in [0, 0.05) is 5.56 Å². The minimum absolute atomic E-state index is 0.107. The van der Waals surface area contributed by atoms with Gasteiger partial charge in [-0.25, -0.2) is 0 Å². The molecule has 0 aliphatic rings. The molecule has 2 N–H and O–H groups in total. The van der Waals surface area contributed by atoms with Crippen molar-refractivity contribution < 1.29 is 9.53 Å². The number of primary amides is 1. The van der Waals surface area contributed by atoms with Crippen molar-refractivity contribution in [2.24, 2.45) is 5.73 Å². The third kappa shape index (κ3) is 2.62. The highest BCUT2D eigenvalue weighted by Crippen LogP contribution is 2.23. The summed E-state index contributed by atoms with van der Waals surface area (Å²) in [7, 11) is 0. The lowest BCUT2D eigenvalue weighted by atomic mass is 10.1. The molecule has 3 heteroatoms. The monoisotopic (exact) mass is 191 g/mol. The van der Waals surface area contributed by atoms with Gasteiger partial charge >= 0.3 is 0 Å². The Morgan fingerprint density at radius 3 is 2.71 bits per heavy atom. The molecule has 0 heterocycles. The second-order valence-corrected chi connectivity index (χ2v) is 3.03. The SMILES string of the molecule is C=C(C)c1ccccc1OCC(N)=O. The van der Waals surface area contributed by atoms with Gasteiger partial charge in [-0.05, 0) is 18.6 Å². The van der Waals surface area contributed by atoms with Crippen LogP contribution in [-0.4, -0.2) is 12.5 Å². The van der Waals surface area contributed by atoms with Crippen molar-refractivity contribution in [1.82, 2.24) is 0 Å². The Bertz CT molecular complexity index is 358. The molecular weight excluding hydrogens is 178 g/mol. The largest absolute Gasteiger partial charge is 0.483 e. The molecule has 0 aliphatic heterocycles. The Kier molecular flexibility index (Phi) is 3.29. The van der Waals surface area contributed by atoms with Crippen LogP contribution in [0.15, 0.2) is 30.8 Å². The minimum Gasteiger partial charge on any atom is -0.483 e. The maximum Gasteiger partial charge on any atom is 0.255 e. The van der Waals surface area contributed by atoms with Crippen LogP contribution in [0.3, 0.4) is 0 Å². The van der Waals surface area contributed by atoms with Gasteiger partial charge in [0.05, 0.1) is 0 Å². The highest BCUT2D eigenvalue weighted by Gasteiger charge is 2.04. The van der Waals surface area contributed by atoms with E-state index in [2.05, 4.69) is 6.58 Å². The standard InChI is InChI=1S/C11H13NO2/c1-8(2)9-5-3-4-6-10(9)14-7-11(12)13/h3-6H,1,7H2,2H3,(H2,12,13). The van der Waals surface area contributed by atoms with Crippen molar-refractivity contribution in [1.29, 1.82) is 0 Å². The Morgan fingerprint density at radius 1 is 1.50 bits per heavy atom. The molecule has 14 heavy (non-hydrogen) atoms. The molecule has 0 saturated heterocycles. The molecule has 3 nitrogen and oxygen atoms in total. The molecule has 0 atom stereocenters. The van der Waals surface area contributed by atoms with Gasteiger partial charge in [0.25, 0.3) is 5.91 Å². The molecule has 0 bridgehead atoms. The number of carbonyl (C=O) groups is 1. The molecule has 0 spiro atoms. The number of nitrogens with two attached hydrogens (primary N) is 1. The minimum atomic E-state index is -0.485. The van der Waals surface area contributed by atoms with E-state index >= 15 is 0 Å². The third-order valence-electron chi connectivity index (χ3n) is 1.72. The summed E-state index contributed by atoms with van der Waals surface area (Å²) in [4.78, 5) is 10.5. The average Bonchev–Trinajstić information content (AvgIpc) is 2.15. The van der Waals surface area contributed by atoms with Gasteiger partial charge in [0.15, 0.2) is 6.61 Å². The van der Waals surface area contributed by atoms with E-state index in [1.54, 1.807) is 6.07 Å². The molecule has 74 valence electrons. The Labute approximate surface area is 83.2 Å². The Balaban J connectivity index is 2.84. The fraction of sp³-hybridized carbons (Fsp3) is 0.182. The number of amides is 1. The topological polar surface area (TPSA) is 52.3 Å². The number of rotatable bonds is 4. The van der Waals surface area contributed by atoms with Crippen LogP contribution in [0.1, 0.15) is 12.5 Å². The molecule has 1 aromatic rings. The van der Waals surface area contributed by atoms with Gasteiger partial charge in [0.1, 0.15) is 5.75 Å². The summed E-state index contributed by atoms with van der Waals surface area (Å²) >= 11 is 0. The van der Waals surface area contributed by atoms with Gasteiger partial charge in [-0.1, -0.05) is 24.8 Å². The van der Waals surface area contributed by atoms with Crippen LogP contribution in [0.2, 0.25) is 0 Å². The first-order valence-corrected chi connectivity index (χ1v) is 4.27. The summed E-state index contributed by atoms with van der Waals surface area (Å²) in [5.74, 6) is 0.153. The van der Waals surface area contributed by atoms with E-state index in [4.69, 9.17) is 10.5 Å². The Hall–Kier alpha value is -1.77. The normalized spacial score (nSPS) is 9.50. The summed E-state index contributed by atoms with van der Waals surface area (Å²) < 4.78 is 5.22. The summed E-state index contributed by atoms with van der Waals surface area (Å²) in [6, 6.07) is 7.40. The summed E-state index contributed by atoms with van der Waals surface area (Å²) in [5, 5.41) is 0. The molecule has 0 radical (unpaired) electrons. The molecule has 1 aromatic carbocycles. The molecule has 1 amide bonds. The van der Waals surface area contributed by atoms with Crippen LogP contribution < -0.4 is 10.5 Å². The number of hydrogen-bond acceptors (Lipinski definition) is 2. The van der Waals surface area contributed by atoms with Crippen molar-refractivity contribution in [2.45, 2.75) is 6.92 Å². The zero-order chi connectivity index (χ0) is 10.6. The molecule has 0 aromatic heterocycles. The van der Waals surface area contributed by atoms with Crippen molar-refractivity contribution in [3.8, 4) is 5.75 Å². The second-order valence-electron chi connectivity index (χ2n) is 3.03. The van der Waals surface area contributed by atoms with Crippen LogP contribution in [0.25, 0.3) is 5.57 Å². The van der Waals surface area contributed by atoms with E-state index in [0.717, 1.165) is 11.1 Å². The summed E-state index contributed by atoms with van der Waals surface area (Å²) in [5.41, 5.74) is 6.77. The van der Waals surface area contributed by atoms with Crippen LogP contribution in [0.5, 0.6) is 5.75 Å². The predicted octanol–water partition coefficient (Wildman–Crippen LogP) is 1.58. The van der Waals surface area contributed by atoms with Crippen molar-refractivity contribution in [3.63, 3.8) is 0 Å².